The first-order chi connectivity index (χ1) is 12.2. The first-order valence-electron chi connectivity index (χ1n) is 7.87. The maximum atomic E-state index is 9.51. The van der Waals surface area contributed by atoms with Crippen molar-refractivity contribution in [1.29, 1.82) is 5.26 Å². The van der Waals surface area contributed by atoms with E-state index in [4.69, 9.17) is 9.40 Å². The fraction of sp³-hybridized carbons (Fsp3) is 0.0476. The normalized spacial score (nSPS) is 11.6. The molecule has 2 aromatic heterocycles. The highest BCUT2D eigenvalue weighted by Gasteiger charge is 2.11. The van der Waals surface area contributed by atoms with Gasteiger partial charge in [-0.3, -0.25) is 0 Å². The Morgan fingerprint density at radius 3 is 2.76 bits per heavy atom. The average Bonchev–Trinajstić information content (AvgIpc) is 3.28. The van der Waals surface area contributed by atoms with Gasteiger partial charge in [0.1, 0.15) is 22.6 Å². The van der Waals surface area contributed by atoms with Crippen LogP contribution < -0.4 is 0 Å². The van der Waals surface area contributed by atoms with E-state index in [9.17, 15) is 5.26 Å². The van der Waals surface area contributed by atoms with Crippen LogP contribution in [0.15, 0.2) is 64.4 Å². The van der Waals surface area contributed by atoms with Crippen LogP contribution in [0.4, 0.5) is 0 Å². The fourth-order valence-corrected chi connectivity index (χ4v) is 3.57. The van der Waals surface area contributed by atoms with Crippen molar-refractivity contribution in [2.45, 2.75) is 6.92 Å². The van der Waals surface area contributed by atoms with Gasteiger partial charge < -0.3 is 4.42 Å². The number of allylic oxidation sites excluding steroid dienone is 1. The van der Waals surface area contributed by atoms with Crippen molar-refractivity contribution in [2.75, 3.05) is 0 Å². The van der Waals surface area contributed by atoms with Crippen molar-refractivity contribution < 1.29 is 4.42 Å². The zero-order valence-corrected chi connectivity index (χ0v) is 14.4. The maximum absolute atomic E-state index is 9.51. The van der Waals surface area contributed by atoms with Gasteiger partial charge >= 0.3 is 0 Å². The average molecular weight is 342 g/mol. The zero-order valence-electron chi connectivity index (χ0n) is 13.6. The highest BCUT2D eigenvalue weighted by Crippen LogP contribution is 2.31. The Kier molecular flexibility index (Phi) is 3.93. The molecule has 0 aliphatic rings. The second-order valence-corrected chi connectivity index (χ2v) is 6.54. The molecule has 0 unspecified atom stereocenters. The van der Waals surface area contributed by atoms with E-state index in [0.29, 0.717) is 16.3 Å². The Labute approximate surface area is 149 Å². The Morgan fingerprint density at radius 1 is 1.12 bits per heavy atom. The van der Waals surface area contributed by atoms with Crippen molar-refractivity contribution in [3.63, 3.8) is 0 Å². The van der Waals surface area contributed by atoms with Gasteiger partial charge in [0.05, 0.1) is 11.3 Å². The molecule has 0 amide bonds. The summed E-state index contributed by atoms with van der Waals surface area (Å²) >= 11 is 1.47. The summed E-state index contributed by atoms with van der Waals surface area (Å²) in [7, 11) is 0. The maximum Gasteiger partial charge on any atom is 0.134 e. The smallest absolute Gasteiger partial charge is 0.134 e. The number of benzene rings is 2. The summed E-state index contributed by atoms with van der Waals surface area (Å²) in [5.74, 6) is 1.48. The van der Waals surface area contributed by atoms with Crippen LogP contribution in [-0.2, 0) is 0 Å². The van der Waals surface area contributed by atoms with E-state index in [0.717, 1.165) is 22.4 Å². The molecular weight excluding hydrogens is 328 g/mol. The van der Waals surface area contributed by atoms with Gasteiger partial charge in [-0.1, -0.05) is 42.5 Å². The summed E-state index contributed by atoms with van der Waals surface area (Å²) in [4.78, 5) is 4.69. The molecule has 0 bridgehead atoms. The molecule has 0 spiro atoms. The highest BCUT2D eigenvalue weighted by molar-refractivity contribution is 7.11. The molecule has 3 nitrogen and oxygen atoms in total. The molecule has 0 atom stereocenters. The molecule has 0 aliphatic heterocycles. The van der Waals surface area contributed by atoms with Crippen LogP contribution in [0.2, 0.25) is 0 Å². The van der Waals surface area contributed by atoms with Crippen molar-refractivity contribution in [2.24, 2.45) is 0 Å². The van der Waals surface area contributed by atoms with Crippen LogP contribution in [0.5, 0.6) is 0 Å². The van der Waals surface area contributed by atoms with E-state index in [1.165, 1.54) is 16.7 Å². The van der Waals surface area contributed by atoms with Gasteiger partial charge in [-0.05, 0) is 29.8 Å². The molecule has 0 fully saturated rings. The van der Waals surface area contributed by atoms with E-state index in [2.05, 4.69) is 30.3 Å². The number of rotatable bonds is 3. The summed E-state index contributed by atoms with van der Waals surface area (Å²) < 4.78 is 5.54. The molecule has 4 heteroatoms. The molecule has 0 radical (unpaired) electrons. The number of furan rings is 1. The molecule has 25 heavy (non-hydrogen) atoms. The summed E-state index contributed by atoms with van der Waals surface area (Å²) in [6.07, 6.45) is 1.73. The van der Waals surface area contributed by atoms with Crippen LogP contribution in [-0.4, -0.2) is 4.98 Å². The van der Waals surface area contributed by atoms with Crippen LogP contribution in [0.3, 0.4) is 0 Å². The lowest BCUT2D eigenvalue weighted by molar-refractivity contribution is 0.525. The molecule has 2 aromatic carbocycles. The number of aromatic nitrogens is 1. The second-order valence-electron chi connectivity index (χ2n) is 5.68. The number of fused-ring (bicyclic) bond motifs is 1. The fourth-order valence-electron chi connectivity index (χ4n) is 2.79. The summed E-state index contributed by atoms with van der Waals surface area (Å²) in [6.45, 7) is 1.88. The lowest BCUT2D eigenvalue weighted by atomic mass is 10.0. The largest absolute Gasteiger partial charge is 0.462 e. The van der Waals surface area contributed by atoms with Gasteiger partial charge in [-0.15, -0.1) is 11.3 Å². The van der Waals surface area contributed by atoms with Crippen molar-refractivity contribution >= 4 is 33.8 Å². The third-order valence-corrected chi connectivity index (χ3v) is 4.84. The molecule has 0 aliphatic carbocycles. The topological polar surface area (TPSA) is 49.8 Å². The van der Waals surface area contributed by atoms with Gasteiger partial charge in [0.25, 0.3) is 0 Å². The SMILES string of the molecule is Cc1ccc(/C=C(\C#N)c2nc(-c3cccc4ccccc34)cs2)o1. The van der Waals surface area contributed by atoms with Gasteiger partial charge in [-0.25, -0.2) is 4.98 Å². The molecule has 0 saturated heterocycles. The van der Waals surface area contributed by atoms with E-state index >= 15 is 0 Å². The van der Waals surface area contributed by atoms with Crippen LogP contribution >= 0.6 is 11.3 Å². The lowest BCUT2D eigenvalue weighted by Crippen LogP contribution is -1.84. The number of thiazole rings is 1. The Bertz CT molecular complexity index is 1120. The lowest BCUT2D eigenvalue weighted by Gasteiger charge is -2.03. The predicted octanol–water partition coefficient (Wildman–Crippen LogP) is 5.93. The van der Waals surface area contributed by atoms with Crippen molar-refractivity contribution in [1.82, 2.24) is 4.98 Å². The minimum absolute atomic E-state index is 0.505. The van der Waals surface area contributed by atoms with Crippen molar-refractivity contribution in [3.05, 3.63) is 76.5 Å². The molecule has 0 N–H and O–H groups in total. The second kappa shape index (κ2) is 6.39. The number of hydrogen-bond acceptors (Lipinski definition) is 4. The summed E-state index contributed by atoms with van der Waals surface area (Å²) in [5.41, 5.74) is 2.46. The molecule has 4 aromatic rings. The molecule has 2 heterocycles. The zero-order chi connectivity index (χ0) is 17.2. The quantitative estimate of drug-likeness (QED) is 0.434. The molecule has 4 rings (SSSR count). The first-order valence-corrected chi connectivity index (χ1v) is 8.75. The Balaban J connectivity index is 1.77. The Morgan fingerprint density at radius 2 is 1.96 bits per heavy atom. The van der Waals surface area contributed by atoms with Gasteiger partial charge in [0.2, 0.25) is 0 Å². The van der Waals surface area contributed by atoms with Crippen molar-refractivity contribution in [3.8, 4) is 17.3 Å². The number of nitrogens with zero attached hydrogens (tertiary/aromatic N) is 2. The highest BCUT2D eigenvalue weighted by atomic mass is 32.1. The molecular formula is C21H14N2OS. The first kappa shape index (κ1) is 15.4. The summed E-state index contributed by atoms with van der Waals surface area (Å²) in [6, 6.07) is 20.4. The van der Waals surface area contributed by atoms with E-state index < -0.39 is 0 Å². The monoisotopic (exact) mass is 342 g/mol. The van der Waals surface area contributed by atoms with Gasteiger partial charge in [0.15, 0.2) is 0 Å². The van der Waals surface area contributed by atoms with Gasteiger partial charge in [0, 0.05) is 17.0 Å². The number of hydrogen-bond donors (Lipinski definition) is 0. The minimum atomic E-state index is 0.505. The molecule has 0 saturated carbocycles. The van der Waals surface area contributed by atoms with Crippen LogP contribution in [0.25, 0.3) is 33.7 Å². The third-order valence-electron chi connectivity index (χ3n) is 3.97. The van der Waals surface area contributed by atoms with Gasteiger partial charge in [-0.2, -0.15) is 5.26 Å². The van der Waals surface area contributed by atoms with Crippen LogP contribution in [0.1, 0.15) is 16.5 Å². The number of aryl methyl sites for hydroxylation is 1. The third kappa shape index (κ3) is 2.98. The number of nitriles is 1. The minimum Gasteiger partial charge on any atom is -0.462 e. The summed E-state index contributed by atoms with van der Waals surface area (Å²) in [5, 5.41) is 14.5. The van der Waals surface area contributed by atoms with Crippen LogP contribution in [0, 0.1) is 18.3 Å². The van der Waals surface area contributed by atoms with E-state index in [1.54, 1.807) is 6.08 Å². The standard InChI is InChI=1S/C21H14N2OS/c1-14-9-10-17(24-14)11-16(12-22)21-23-20(13-25-21)19-8-4-6-15-5-2-3-7-18(15)19/h2-11,13H,1H3/b16-11+. The van der Waals surface area contributed by atoms with E-state index in [1.807, 2.05) is 42.6 Å². The predicted molar refractivity (Wildman–Crippen MR) is 102 cm³/mol. The van der Waals surface area contributed by atoms with E-state index in [-0.39, 0.29) is 0 Å². The molecule has 120 valence electrons. The Hall–Kier alpha value is -3.16.